The first-order valence-electron chi connectivity index (χ1n) is 5.93. The lowest BCUT2D eigenvalue weighted by atomic mass is 10.1. The van der Waals surface area contributed by atoms with Gasteiger partial charge in [-0.2, -0.15) is 0 Å². The van der Waals surface area contributed by atoms with Crippen LogP contribution in [0.1, 0.15) is 16.7 Å². The molecule has 2 nitrogen and oxygen atoms in total. The van der Waals surface area contributed by atoms with E-state index in [1.165, 1.54) is 0 Å². The lowest BCUT2D eigenvalue weighted by Gasteiger charge is -2.15. The third kappa shape index (κ3) is 3.06. The van der Waals surface area contributed by atoms with Crippen LogP contribution in [0.5, 0.6) is 11.5 Å². The van der Waals surface area contributed by atoms with Crippen LogP contribution < -0.4 is 10.5 Å². The first-order chi connectivity index (χ1) is 9.40. The van der Waals surface area contributed by atoms with Gasteiger partial charge in [0.15, 0.2) is 0 Å². The van der Waals surface area contributed by atoms with Gasteiger partial charge in [-0.25, -0.2) is 0 Å². The average Bonchev–Trinajstić information content (AvgIpc) is 2.33. The van der Waals surface area contributed by atoms with Crippen LogP contribution in [-0.2, 0) is 0 Å². The summed E-state index contributed by atoms with van der Waals surface area (Å²) in [5.74, 6) is 1.27. The highest BCUT2D eigenvalue weighted by Crippen LogP contribution is 2.35. The van der Waals surface area contributed by atoms with Crippen molar-refractivity contribution in [1.82, 2.24) is 0 Å². The molecule has 0 spiro atoms. The molecule has 0 radical (unpaired) electrons. The van der Waals surface area contributed by atoms with E-state index in [9.17, 15) is 0 Å². The summed E-state index contributed by atoms with van der Waals surface area (Å²) in [7, 11) is 0. The number of benzene rings is 2. The summed E-state index contributed by atoms with van der Waals surface area (Å²) >= 11 is 17.2. The Morgan fingerprint density at radius 1 is 1.15 bits per heavy atom. The van der Waals surface area contributed by atoms with Crippen molar-refractivity contribution in [2.75, 3.05) is 0 Å². The summed E-state index contributed by atoms with van der Waals surface area (Å²) in [4.78, 5) is 0.204. The van der Waals surface area contributed by atoms with Gasteiger partial charge in [0.1, 0.15) is 16.5 Å². The van der Waals surface area contributed by atoms with E-state index in [0.717, 1.165) is 16.9 Å². The minimum atomic E-state index is 0.204. The zero-order chi connectivity index (χ0) is 14.9. The summed E-state index contributed by atoms with van der Waals surface area (Å²) in [5.41, 5.74) is 8.12. The molecule has 0 saturated heterocycles. The molecule has 0 aliphatic rings. The third-order valence-corrected chi connectivity index (χ3v) is 3.60. The Bertz CT molecular complexity index is 663. The predicted molar refractivity (Wildman–Crippen MR) is 88.3 cm³/mol. The molecule has 104 valence electrons. The summed E-state index contributed by atoms with van der Waals surface area (Å²) in [5, 5.41) is 1.15. The number of aryl methyl sites for hydroxylation is 2. The number of hydrogen-bond donors (Lipinski definition) is 1. The zero-order valence-electron chi connectivity index (χ0n) is 11.0. The van der Waals surface area contributed by atoms with Gasteiger partial charge in [-0.05, 0) is 49.2 Å². The quantitative estimate of drug-likeness (QED) is 0.803. The molecular weight excluding hydrogens is 313 g/mol. The highest BCUT2D eigenvalue weighted by molar-refractivity contribution is 7.80. The Balaban J connectivity index is 2.51. The molecule has 0 aliphatic carbocycles. The molecule has 2 aromatic rings. The predicted octanol–water partition coefficient (Wildman–Crippen LogP) is 5.04. The third-order valence-electron chi connectivity index (χ3n) is 2.86. The van der Waals surface area contributed by atoms with Crippen molar-refractivity contribution < 1.29 is 4.74 Å². The largest absolute Gasteiger partial charge is 0.456 e. The Morgan fingerprint density at radius 3 is 2.30 bits per heavy atom. The van der Waals surface area contributed by atoms with Gasteiger partial charge < -0.3 is 10.5 Å². The highest BCUT2D eigenvalue weighted by atomic mass is 35.5. The van der Waals surface area contributed by atoms with E-state index >= 15 is 0 Å². The van der Waals surface area contributed by atoms with Gasteiger partial charge in [-0.15, -0.1) is 0 Å². The molecule has 5 heteroatoms. The molecule has 0 unspecified atom stereocenters. The fourth-order valence-electron chi connectivity index (χ4n) is 2.00. The number of hydrogen-bond acceptors (Lipinski definition) is 2. The molecule has 2 rings (SSSR count). The molecule has 2 N–H and O–H groups in total. The second kappa shape index (κ2) is 6.00. The molecule has 0 heterocycles. The highest BCUT2D eigenvalue weighted by Gasteiger charge is 2.14. The first-order valence-corrected chi connectivity index (χ1v) is 7.09. The normalized spacial score (nSPS) is 10.4. The van der Waals surface area contributed by atoms with E-state index in [-0.39, 0.29) is 4.99 Å². The number of halogens is 2. The molecule has 0 amide bonds. The molecule has 20 heavy (non-hydrogen) atoms. The van der Waals surface area contributed by atoms with Gasteiger partial charge in [-0.1, -0.05) is 41.5 Å². The van der Waals surface area contributed by atoms with Crippen LogP contribution in [0, 0.1) is 13.8 Å². The maximum absolute atomic E-state index is 6.13. The van der Waals surface area contributed by atoms with Crippen molar-refractivity contribution in [3.05, 3.63) is 57.1 Å². The van der Waals surface area contributed by atoms with Crippen molar-refractivity contribution in [1.29, 1.82) is 0 Å². The Labute approximate surface area is 133 Å². The van der Waals surface area contributed by atoms with Gasteiger partial charge in [0.05, 0.1) is 10.6 Å². The lowest BCUT2D eigenvalue weighted by Crippen LogP contribution is -2.11. The minimum absolute atomic E-state index is 0.204. The molecule has 2 aromatic carbocycles. The number of rotatable bonds is 3. The van der Waals surface area contributed by atoms with Crippen molar-refractivity contribution in [3.63, 3.8) is 0 Å². The first kappa shape index (κ1) is 15.1. The van der Waals surface area contributed by atoms with Crippen LogP contribution >= 0.6 is 35.4 Å². The number of ether oxygens (including phenoxy) is 1. The van der Waals surface area contributed by atoms with E-state index in [2.05, 4.69) is 0 Å². The fourth-order valence-corrected chi connectivity index (χ4v) is 2.86. The van der Waals surface area contributed by atoms with Crippen LogP contribution in [-0.4, -0.2) is 4.99 Å². The van der Waals surface area contributed by atoms with Crippen molar-refractivity contribution in [2.24, 2.45) is 5.73 Å². The summed E-state index contributed by atoms with van der Waals surface area (Å²) in [6, 6.07) is 8.99. The number of thiocarbonyl (C=S) groups is 1. The maximum Gasteiger partial charge on any atom is 0.139 e. The van der Waals surface area contributed by atoms with Crippen LogP contribution in [0.15, 0.2) is 30.3 Å². The molecule has 0 atom stereocenters. The minimum Gasteiger partial charge on any atom is -0.456 e. The van der Waals surface area contributed by atoms with Crippen molar-refractivity contribution in [3.8, 4) is 11.5 Å². The fraction of sp³-hybridized carbons (Fsp3) is 0.133. The summed E-state index contributed by atoms with van der Waals surface area (Å²) < 4.78 is 5.96. The van der Waals surface area contributed by atoms with Gasteiger partial charge in [0.25, 0.3) is 0 Å². The van der Waals surface area contributed by atoms with Crippen molar-refractivity contribution in [2.45, 2.75) is 13.8 Å². The molecule has 0 aliphatic heterocycles. The van der Waals surface area contributed by atoms with Gasteiger partial charge >= 0.3 is 0 Å². The van der Waals surface area contributed by atoms with Gasteiger partial charge in [0.2, 0.25) is 0 Å². The smallest absolute Gasteiger partial charge is 0.139 e. The van der Waals surface area contributed by atoms with Crippen LogP contribution in [0.3, 0.4) is 0 Å². The standard InChI is InChI=1S/C15H13Cl2NOS/c1-8-6-10(16)7-9(2)14(8)19-12-5-3-4-11(17)13(12)15(18)20/h3-7H,1-2H3,(H2,18,20). The lowest BCUT2D eigenvalue weighted by molar-refractivity contribution is 0.474. The molecule has 0 saturated carbocycles. The number of nitrogens with two attached hydrogens (primary N) is 1. The second-order valence-corrected chi connectivity index (χ2v) is 5.73. The van der Waals surface area contributed by atoms with Gasteiger partial charge in [0, 0.05) is 5.02 Å². The van der Waals surface area contributed by atoms with Gasteiger partial charge in [-0.3, -0.25) is 0 Å². The van der Waals surface area contributed by atoms with E-state index in [0.29, 0.717) is 21.4 Å². The van der Waals surface area contributed by atoms with E-state index < -0.39 is 0 Å². The Hall–Kier alpha value is -1.29. The molecule has 0 fully saturated rings. The summed E-state index contributed by atoms with van der Waals surface area (Å²) in [6.07, 6.45) is 0. The summed E-state index contributed by atoms with van der Waals surface area (Å²) in [6.45, 7) is 3.86. The maximum atomic E-state index is 6.13. The SMILES string of the molecule is Cc1cc(Cl)cc(C)c1Oc1cccc(Cl)c1C(N)=S. The van der Waals surface area contributed by atoms with Crippen LogP contribution in [0.25, 0.3) is 0 Å². The van der Waals surface area contributed by atoms with E-state index in [1.54, 1.807) is 18.2 Å². The zero-order valence-corrected chi connectivity index (χ0v) is 13.4. The second-order valence-electron chi connectivity index (χ2n) is 4.45. The monoisotopic (exact) mass is 325 g/mol. The van der Waals surface area contributed by atoms with Crippen LogP contribution in [0.4, 0.5) is 0 Å². The van der Waals surface area contributed by atoms with E-state index in [1.807, 2.05) is 26.0 Å². The molecular formula is C15H13Cl2NOS. The Kier molecular flexibility index (Phi) is 4.53. The molecule has 0 aromatic heterocycles. The van der Waals surface area contributed by atoms with E-state index in [4.69, 9.17) is 45.9 Å². The topological polar surface area (TPSA) is 35.2 Å². The van der Waals surface area contributed by atoms with Crippen molar-refractivity contribution >= 4 is 40.4 Å². The molecule has 0 bridgehead atoms. The van der Waals surface area contributed by atoms with Crippen LogP contribution in [0.2, 0.25) is 10.0 Å². The average molecular weight is 326 g/mol. The Morgan fingerprint density at radius 2 is 1.75 bits per heavy atom.